The fraction of sp³-hybridized carbons (Fsp3) is 0.667. The molecule has 1 unspecified atom stereocenters. The molecule has 1 aliphatic carbocycles. The number of hydrogen-bond donors (Lipinski definition) is 2. The summed E-state index contributed by atoms with van der Waals surface area (Å²) in [5.74, 6) is -0.118. The summed E-state index contributed by atoms with van der Waals surface area (Å²) in [5.41, 5.74) is -0.856. The predicted molar refractivity (Wildman–Crippen MR) is 115 cm³/mol. The van der Waals surface area contributed by atoms with Gasteiger partial charge in [0.15, 0.2) is 0 Å². The van der Waals surface area contributed by atoms with E-state index in [9.17, 15) is 14.9 Å². The van der Waals surface area contributed by atoms with E-state index in [2.05, 4.69) is 21.6 Å². The Morgan fingerprint density at radius 1 is 1.31 bits per heavy atom. The molecule has 29 heavy (non-hydrogen) atoms. The highest BCUT2D eigenvalue weighted by Crippen LogP contribution is 2.29. The van der Waals surface area contributed by atoms with Gasteiger partial charge in [0.2, 0.25) is 5.91 Å². The molecule has 0 radical (unpaired) electrons. The van der Waals surface area contributed by atoms with Gasteiger partial charge in [-0.05, 0) is 44.4 Å². The van der Waals surface area contributed by atoms with Crippen LogP contribution in [0.3, 0.4) is 0 Å². The van der Waals surface area contributed by atoms with Gasteiger partial charge >= 0.3 is 0 Å². The SMILES string of the molecule is CN1CCC(C#N)(NC(=O)C(CC2CCCCC2)NC(=O)c2ccc(Cl)s2)CC1. The number of nitrogens with one attached hydrogen (secondary N) is 2. The molecule has 6 nitrogen and oxygen atoms in total. The molecule has 1 atom stereocenters. The van der Waals surface area contributed by atoms with E-state index in [1.54, 1.807) is 12.1 Å². The Hall–Kier alpha value is -1.62. The van der Waals surface area contributed by atoms with Crippen molar-refractivity contribution in [1.29, 1.82) is 5.26 Å². The maximum absolute atomic E-state index is 13.2. The van der Waals surface area contributed by atoms with Crippen LogP contribution in [0, 0.1) is 17.2 Å². The van der Waals surface area contributed by atoms with Crippen molar-refractivity contribution < 1.29 is 9.59 Å². The molecule has 0 spiro atoms. The standard InChI is InChI=1S/C21H29ClN4O2S/c1-26-11-9-21(14-23,10-12-26)25-19(27)16(13-15-5-3-2-4-6-15)24-20(28)17-7-8-18(22)29-17/h7-8,15-16H,2-6,9-13H2,1H3,(H,24,28)(H,25,27). The van der Waals surface area contributed by atoms with E-state index in [1.807, 2.05) is 7.05 Å². The van der Waals surface area contributed by atoms with Crippen LogP contribution in [0.25, 0.3) is 0 Å². The van der Waals surface area contributed by atoms with Gasteiger partial charge in [-0.2, -0.15) is 5.26 Å². The summed E-state index contributed by atoms with van der Waals surface area (Å²) >= 11 is 7.16. The molecule has 2 amide bonds. The van der Waals surface area contributed by atoms with Crippen LogP contribution in [0.15, 0.2) is 12.1 Å². The van der Waals surface area contributed by atoms with Crippen LogP contribution in [-0.2, 0) is 4.79 Å². The summed E-state index contributed by atoms with van der Waals surface area (Å²) in [6.07, 6.45) is 7.53. The van der Waals surface area contributed by atoms with Gasteiger partial charge < -0.3 is 15.5 Å². The second-order valence-electron chi connectivity index (χ2n) is 8.36. The van der Waals surface area contributed by atoms with Crippen LogP contribution in [-0.4, -0.2) is 48.4 Å². The second-order valence-corrected chi connectivity index (χ2v) is 10.1. The first-order valence-electron chi connectivity index (χ1n) is 10.4. The number of thiophene rings is 1. The molecule has 0 aromatic carbocycles. The molecule has 1 aliphatic heterocycles. The minimum Gasteiger partial charge on any atom is -0.340 e. The van der Waals surface area contributed by atoms with E-state index < -0.39 is 11.6 Å². The van der Waals surface area contributed by atoms with Crippen molar-refractivity contribution in [2.24, 2.45) is 5.92 Å². The molecule has 1 aromatic heterocycles. The van der Waals surface area contributed by atoms with Crippen LogP contribution in [0.4, 0.5) is 0 Å². The minimum atomic E-state index is -0.856. The Kier molecular flexibility index (Phi) is 7.55. The van der Waals surface area contributed by atoms with Crippen LogP contribution >= 0.6 is 22.9 Å². The highest BCUT2D eigenvalue weighted by atomic mass is 35.5. The number of nitrogens with zero attached hydrogens (tertiary/aromatic N) is 2. The number of hydrogen-bond acceptors (Lipinski definition) is 5. The first-order valence-corrected chi connectivity index (χ1v) is 11.6. The van der Waals surface area contributed by atoms with Gasteiger partial charge in [-0.15, -0.1) is 11.3 Å². The van der Waals surface area contributed by atoms with Gasteiger partial charge in [0.05, 0.1) is 15.3 Å². The highest BCUT2D eigenvalue weighted by Gasteiger charge is 2.38. The van der Waals surface area contributed by atoms with Crippen molar-refractivity contribution in [1.82, 2.24) is 15.5 Å². The number of piperidine rings is 1. The second kappa shape index (κ2) is 9.92. The average Bonchev–Trinajstić information content (AvgIpc) is 3.16. The number of nitriles is 1. The summed E-state index contributed by atoms with van der Waals surface area (Å²) in [5, 5.41) is 15.7. The van der Waals surface area contributed by atoms with Crippen molar-refractivity contribution in [3.63, 3.8) is 0 Å². The fourth-order valence-electron chi connectivity index (χ4n) is 4.24. The summed E-state index contributed by atoms with van der Waals surface area (Å²) < 4.78 is 0.540. The van der Waals surface area contributed by atoms with E-state index in [-0.39, 0.29) is 11.8 Å². The molecule has 158 valence electrons. The molecule has 1 saturated heterocycles. The quantitative estimate of drug-likeness (QED) is 0.713. The number of likely N-dealkylation sites (tertiary alicyclic amines) is 1. The van der Waals surface area contributed by atoms with E-state index in [4.69, 9.17) is 11.6 Å². The van der Waals surface area contributed by atoms with Gasteiger partial charge in [-0.25, -0.2) is 0 Å². The molecule has 2 N–H and O–H groups in total. The smallest absolute Gasteiger partial charge is 0.262 e. The van der Waals surface area contributed by atoms with E-state index in [1.165, 1.54) is 30.6 Å². The van der Waals surface area contributed by atoms with Crippen molar-refractivity contribution >= 4 is 34.8 Å². The van der Waals surface area contributed by atoms with Crippen molar-refractivity contribution in [3.8, 4) is 6.07 Å². The van der Waals surface area contributed by atoms with Gasteiger partial charge in [0.1, 0.15) is 11.6 Å². The van der Waals surface area contributed by atoms with Crippen LogP contribution in [0.1, 0.15) is 61.0 Å². The van der Waals surface area contributed by atoms with Crippen LogP contribution in [0.5, 0.6) is 0 Å². The first-order chi connectivity index (χ1) is 13.9. The third-order valence-electron chi connectivity index (χ3n) is 6.13. The zero-order chi connectivity index (χ0) is 20.9. The van der Waals surface area contributed by atoms with Crippen molar-refractivity contribution in [2.75, 3.05) is 20.1 Å². The number of carbonyl (C=O) groups is 2. The molecule has 2 heterocycles. The molecule has 0 bridgehead atoms. The van der Waals surface area contributed by atoms with E-state index >= 15 is 0 Å². The average molecular weight is 437 g/mol. The lowest BCUT2D eigenvalue weighted by Crippen LogP contribution is -2.58. The zero-order valence-electron chi connectivity index (χ0n) is 16.9. The zero-order valence-corrected chi connectivity index (χ0v) is 18.5. The van der Waals surface area contributed by atoms with Crippen LogP contribution < -0.4 is 10.6 Å². The van der Waals surface area contributed by atoms with E-state index in [0.29, 0.717) is 34.4 Å². The predicted octanol–water partition coefficient (Wildman–Crippen LogP) is 3.57. The third-order valence-corrected chi connectivity index (χ3v) is 7.36. The Balaban J connectivity index is 1.71. The maximum Gasteiger partial charge on any atom is 0.262 e. The number of carbonyl (C=O) groups excluding carboxylic acids is 2. The van der Waals surface area contributed by atoms with Gasteiger partial charge in [-0.1, -0.05) is 43.7 Å². The molecule has 1 saturated carbocycles. The fourth-order valence-corrected chi connectivity index (χ4v) is 5.19. The Bertz CT molecular complexity index is 761. The molecule has 2 fully saturated rings. The summed E-state index contributed by atoms with van der Waals surface area (Å²) in [6, 6.07) is 5.04. The van der Waals surface area contributed by atoms with E-state index in [0.717, 1.165) is 25.9 Å². The number of halogens is 1. The molecule has 8 heteroatoms. The largest absolute Gasteiger partial charge is 0.340 e. The maximum atomic E-state index is 13.2. The summed E-state index contributed by atoms with van der Waals surface area (Å²) in [4.78, 5) is 28.5. The van der Waals surface area contributed by atoms with Crippen molar-refractivity contribution in [2.45, 2.75) is 62.9 Å². The summed E-state index contributed by atoms with van der Waals surface area (Å²) in [7, 11) is 2.02. The molecular weight excluding hydrogens is 408 g/mol. The van der Waals surface area contributed by atoms with Gasteiger partial charge in [0, 0.05) is 13.1 Å². The Morgan fingerprint density at radius 3 is 2.59 bits per heavy atom. The Labute approximate surface area is 181 Å². The normalized spacial score (nSPS) is 21.1. The molecule has 2 aliphatic rings. The lowest BCUT2D eigenvalue weighted by molar-refractivity contribution is -0.125. The lowest BCUT2D eigenvalue weighted by Gasteiger charge is -2.37. The van der Waals surface area contributed by atoms with Gasteiger partial charge in [-0.3, -0.25) is 9.59 Å². The first kappa shape index (κ1) is 22.1. The minimum absolute atomic E-state index is 0.252. The van der Waals surface area contributed by atoms with Crippen LogP contribution in [0.2, 0.25) is 4.34 Å². The summed E-state index contributed by atoms with van der Waals surface area (Å²) in [6.45, 7) is 1.53. The number of amides is 2. The third kappa shape index (κ3) is 5.94. The Morgan fingerprint density at radius 2 is 2.00 bits per heavy atom. The topological polar surface area (TPSA) is 85.2 Å². The van der Waals surface area contributed by atoms with Crippen molar-refractivity contribution in [3.05, 3.63) is 21.3 Å². The molecule has 1 aromatic rings. The number of rotatable bonds is 6. The lowest BCUT2D eigenvalue weighted by atomic mass is 9.84. The van der Waals surface area contributed by atoms with Gasteiger partial charge in [0.25, 0.3) is 5.91 Å². The molecular formula is C21H29ClN4O2S. The molecule has 3 rings (SSSR count). The monoisotopic (exact) mass is 436 g/mol. The highest BCUT2D eigenvalue weighted by molar-refractivity contribution is 7.18.